The third-order valence-corrected chi connectivity index (χ3v) is 4.79. The molecule has 1 N–H and O–H groups in total. The van der Waals surface area contributed by atoms with Gasteiger partial charge in [-0.3, -0.25) is 14.2 Å². The predicted molar refractivity (Wildman–Crippen MR) is 105 cm³/mol. The van der Waals surface area contributed by atoms with Gasteiger partial charge in [-0.2, -0.15) is 13.2 Å². The zero-order chi connectivity index (χ0) is 21.3. The van der Waals surface area contributed by atoms with Crippen molar-refractivity contribution in [2.45, 2.75) is 39.4 Å². The van der Waals surface area contributed by atoms with Gasteiger partial charge in [0.2, 0.25) is 11.6 Å². The summed E-state index contributed by atoms with van der Waals surface area (Å²) in [5, 5.41) is 2.78. The van der Waals surface area contributed by atoms with Gasteiger partial charge < -0.3 is 5.32 Å². The second kappa shape index (κ2) is 7.69. The van der Waals surface area contributed by atoms with E-state index in [0.29, 0.717) is 5.69 Å². The molecule has 2 aromatic carbocycles. The minimum Gasteiger partial charge on any atom is -0.324 e. The summed E-state index contributed by atoms with van der Waals surface area (Å²) in [6, 6.07) is 10.3. The van der Waals surface area contributed by atoms with Crippen molar-refractivity contribution in [3.8, 4) is 0 Å². The predicted octanol–water partition coefficient (Wildman–Crippen LogP) is 4.62. The summed E-state index contributed by atoms with van der Waals surface area (Å²) in [5.74, 6) is -0.559. The van der Waals surface area contributed by atoms with Gasteiger partial charge in [-0.25, -0.2) is 4.98 Å². The molecule has 0 bridgehead atoms. The molecule has 152 valence electrons. The lowest BCUT2D eigenvalue weighted by molar-refractivity contribution is -0.142. The third-order valence-electron chi connectivity index (χ3n) is 4.79. The first-order chi connectivity index (χ1) is 13.6. The number of carbonyl (C=O) groups is 1. The maximum atomic E-state index is 13.4. The number of rotatable bonds is 4. The number of halogens is 3. The van der Waals surface area contributed by atoms with E-state index in [9.17, 15) is 22.8 Å². The van der Waals surface area contributed by atoms with Gasteiger partial charge in [-0.15, -0.1) is 0 Å². The highest BCUT2D eigenvalue weighted by molar-refractivity contribution is 5.96. The summed E-state index contributed by atoms with van der Waals surface area (Å²) in [5.41, 5.74) is -0.480. The molecule has 3 aromatic rings. The fourth-order valence-corrected chi connectivity index (χ4v) is 3.35. The number of fused-ring (bicyclic) bond motifs is 1. The van der Waals surface area contributed by atoms with Crippen LogP contribution in [-0.4, -0.2) is 15.5 Å². The van der Waals surface area contributed by atoms with E-state index >= 15 is 0 Å². The molecule has 1 amide bonds. The minimum atomic E-state index is -4.93. The van der Waals surface area contributed by atoms with Crippen molar-refractivity contribution in [2.24, 2.45) is 0 Å². The van der Waals surface area contributed by atoms with Gasteiger partial charge in [-0.1, -0.05) is 37.3 Å². The van der Waals surface area contributed by atoms with Crippen molar-refractivity contribution in [3.05, 3.63) is 69.6 Å². The number of hydrogen-bond acceptors (Lipinski definition) is 3. The van der Waals surface area contributed by atoms with Crippen LogP contribution in [0.4, 0.5) is 18.9 Å². The fourth-order valence-electron chi connectivity index (χ4n) is 3.35. The van der Waals surface area contributed by atoms with Gasteiger partial charge >= 0.3 is 6.18 Å². The van der Waals surface area contributed by atoms with E-state index in [2.05, 4.69) is 10.3 Å². The van der Waals surface area contributed by atoms with E-state index < -0.39 is 29.4 Å². The molecular weight excluding hydrogens is 383 g/mol. The molecule has 0 aliphatic heterocycles. The Morgan fingerprint density at radius 1 is 1.10 bits per heavy atom. The van der Waals surface area contributed by atoms with Crippen LogP contribution in [0.5, 0.6) is 0 Å². The van der Waals surface area contributed by atoms with Gasteiger partial charge in [0.15, 0.2) is 0 Å². The molecule has 8 heteroatoms. The Morgan fingerprint density at radius 2 is 1.72 bits per heavy atom. The lowest BCUT2D eigenvalue weighted by Crippen LogP contribution is -2.37. The normalized spacial score (nSPS) is 12.8. The van der Waals surface area contributed by atoms with Crippen LogP contribution < -0.4 is 10.9 Å². The van der Waals surface area contributed by atoms with Gasteiger partial charge in [0.05, 0.1) is 11.0 Å². The maximum Gasteiger partial charge on any atom is 0.438 e. The summed E-state index contributed by atoms with van der Waals surface area (Å²) in [7, 11) is 0. The lowest BCUT2D eigenvalue weighted by Gasteiger charge is -2.22. The number of carbonyl (C=O) groups excluding carboxylic acids is 1. The van der Waals surface area contributed by atoms with Crippen molar-refractivity contribution in [3.63, 3.8) is 0 Å². The van der Waals surface area contributed by atoms with Crippen LogP contribution in [0.15, 0.2) is 47.3 Å². The summed E-state index contributed by atoms with van der Waals surface area (Å²) < 4.78 is 41.1. The first-order valence-corrected chi connectivity index (χ1v) is 9.10. The molecule has 3 rings (SSSR count). The Bertz CT molecular complexity index is 1120. The van der Waals surface area contributed by atoms with Gasteiger partial charge in [0, 0.05) is 5.69 Å². The summed E-state index contributed by atoms with van der Waals surface area (Å²) in [6.07, 6.45) is -4.80. The monoisotopic (exact) mass is 403 g/mol. The van der Waals surface area contributed by atoms with Crippen molar-refractivity contribution in [1.29, 1.82) is 0 Å². The molecule has 1 heterocycles. The highest BCUT2D eigenvalue weighted by atomic mass is 19.4. The molecule has 1 atom stereocenters. The van der Waals surface area contributed by atoms with Gasteiger partial charge in [0.25, 0.3) is 5.56 Å². The minimum absolute atomic E-state index is 0.00209. The first-order valence-electron chi connectivity index (χ1n) is 9.10. The number of nitrogens with zero attached hydrogens (tertiary/aromatic N) is 2. The van der Waals surface area contributed by atoms with Crippen LogP contribution in [0, 0.1) is 13.8 Å². The molecule has 0 saturated carbocycles. The van der Waals surface area contributed by atoms with Crippen LogP contribution in [0.2, 0.25) is 0 Å². The maximum absolute atomic E-state index is 13.4. The van der Waals surface area contributed by atoms with E-state index in [1.807, 2.05) is 32.0 Å². The number of aromatic nitrogens is 2. The van der Waals surface area contributed by atoms with E-state index in [4.69, 9.17) is 0 Å². The molecule has 0 unspecified atom stereocenters. The number of nitrogens with one attached hydrogen (secondary N) is 1. The quantitative estimate of drug-likeness (QED) is 0.691. The van der Waals surface area contributed by atoms with Crippen molar-refractivity contribution >= 4 is 22.6 Å². The van der Waals surface area contributed by atoms with E-state index in [-0.39, 0.29) is 17.5 Å². The summed E-state index contributed by atoms with van der Waals surface area (Å²) in [6.45, 7) is 5.28. The highest BCUT2D eigenvalue weighted by Gasteiger charge is 2.38. The fraction of sp³-hybridized carbons (Fsp3) is 0.286. The summed E-state index contributed by atoms with van der Waals surface area (Å²) >= 11 is 0. The third kappa shape index (κ3) is 3.87. The molecular formula is C21H20F3N3O2. The number of benzene rings is 2. The molecule has 29 heavy (non-hydrogen) atoms. The number of amides is 1. The molecule has 0 spiro atoms. The van der Waals surface area contributed by atoms with Crippen LogP contribution in [0.3, 0.4) is 0 Å². The lowest BCUT2D eigenvalue weighted by atomic mass is 10.1. The zero-order valence-corrected chi connectivity index (χ0v) is 16.2. The molecule has 0 aliphatic rings. The van der Waals surface area contributed by atoms with Gasteiger partial charge in [0.1, 0.15) is 6.04 Å². The topological polar surface area (TPSA) is 64.0 Å². The smallest absolute Gasteiger partial charge is 0.324 e. The summed E-state index contributed by atoms with van der Waals surface area (Å²) in [4.78, 5) is 29.3. The largest absolute Gasteiger partial charge is 0.438 e. The standard InChI is InChI=1S/C21H20F3N3O2/c1-4-15(19(28)26-17-12(2)8-7-9-13(17)3)27-16-11-6-5-10-14(16)25-18(20(27)29)21(22,23)24/h5-11,15H,4H2,1-3H3,(H,26,28)/t15-/m0/s1. The second-order valence-electron chi connectivity index (χ2n) is 6.80. The zero-order valence-electron chi connectivity index (χ0n) is 16.2. The Kier molecular flexibility index (Phi) is 5.46. The Balaban J connectivity index is 2.18. The van der Waals surface area contributed by atoms with E-state index in [1.165, 1.54) is 18.2 Å². The Hall–Kier alpha value is -3.16. The van der Waals surface area contributed by atoms with E-state index in [0.717, 1.165) is 15.7 Å². The number of aryl methyl sites for hydroxylation is 2. The average Bonchev–Trinajstić information content (AvgIpc) is 2.66. The SMILES string of the molecule is CC[C@@H](C(=O)Nc1c(C)cccc1C)n1c(=O)c(C(F)(F)F)nc2ccccc21. The Labute approximate surface area is 165 Å². The highest BCUT2D eigenvalue weighted by Crippen LogP contribution is 2.28. The van der Waals surface area contributed by atoms with Crippen LogP contribution >= 0.6 is 0 Å². The number of anilines is 1. The molecule has 1 aromatic heterocycles. The molecule has 0 radical (unpaired) electrons. The van der Waals surface area contributed by atoms with Crippen LogP contribution in [-0.2, 0) is 11.0 Å². The molecule has 0 aliphatic carbocycles. The first kappa shape index (κ1) is 20.6. The van der Waals surface area contributed by atoms with Crippen molar-refractivity contribution in [1.82, 2.24) is 9.55 Å². The van der Waals surface area contributed by atoms with Crippen LogP contribution in [0.1, 0.15) is 36.2 Å². The number of para-hydroxylation sites is 3. The van der Waals surface area contributed by atoms with Crippen molar-refractivity contribution in [2.75, 3.05) is 5.32 Å². The van der Waals surface area contributed by atoms with Crippen molar-refractivity contribution < 1.29 is 18.0 Å². The van der Waals surface area contributed by atoms with Gasteiger partial charge in [-0.05, 0) is 43.5 Å². The Morgan fingerprint density at radius 3 is 2.31 bits per heavy atom. The molecule has 5 nitrogen and oxygen atoms in total. The van der Waals surface area contributed by atoms with E-state index in [1.54, 1.807) is 13.0 Å². The number of alkyl halides is 3. The van der Waals surface area contributed by atoms with Crippen LogP contribution in [0.25, 0.3) is 11.0 Å². The second-order valence-corrected chi connectivity index (χ2v) is 6.80. The average molecular weight is 403 g/mol. The number of hydrogen-bond donors (Lipinski definition) is 1. The molecule has 0 saturated heterocycles. The molecule has 0 fully saturated rings.